The Bertz CT molecular complexity index is 1180. The molecule has 0 spiro atoms. The molecule has 6 nitrogen and oxygen atoms in total. The number of hydrogen-bond donors (Lipinski definition) is 0. The summed E-state index contributed by atoms with van der Waals surface area (Å²) in [5, 5.41) is 11.8. The number of hydrogen-bond acceptors (Lipinski definition) is 5. The van der Waals surface area contributed by atoms with Crippen molar-refractivity contribution < 1.29 is 4.79 Å². The molecule has 1 atom stereocenters. The number of anilines is 1. The van der Waals surface area contributed by atoms with Crippen molar-refractivity contribution in [2.75, 3.05) is 24.5 Å². The molecule has 164 valence electrons. The van der Waals surface area contributed by atoms with Crippen LogP contribution >= 0.6 is 23.2 Å². The first-order chi connectivity index (χ1) is 15.5. The van der Waals surface area contributed by atoms with Crippen LogP contribution in [0.15, 0.2) is 42.7 Å². The van der Waals surface area contributed by atoms with Gasteiger partial charge in [-0.05, 0) is 36.2 Å². The van der Waals surface area contributed by atoms with Crippen LogP contribution in [0.25, 0.3) is 22.0 Å². The average Bonchev–Trinajstić information content (AvgIpc) is 2.82. The van der Waals surface area contributed by atoms with E-state index in [4.69, 9.17) is 23.2 Å². The minimum atomic E-state index is -0.513. The zero-order valence-corrected chi connectivity index (χ0v) is 19.3. The average molecular weight is 468 g/mol. The van der Waals surface area contributed by atoms with Crippen molar-refractivity contribution in [1.82, 2.24) is 14.9 Å². The van der Waals surface area contributed by atoms with Crippen molar-refractivity contribution in [2.24, 2.45) is 0 Å². The Morgan fingerprint density at radius 2 is 1.97 bits per heavy atom. The van der Waals surface area contributed by atoms with E-state index in [9.17, 15) is 10.1 Å². The maximum atomic E-state index is 12.6. The Hall–Kier alpha value is -2.88. The van der Waals surface area contributed by atoms with E-state index in [1.807, 2.05) is 36.4 Å². The summed E-state index contributed by atoms with van der Waals surface area (Å²) in [5.41, 5.74) is 2.53. The molecule has 0 bridgehead atoms. The van der Waals surface area contributed by atoms with Gasteiger partial charge >= 0.3 is 0 Å². The first-order valence-corrected chi connectivity index (χ1v) is 11.4. The fourth-order valence-electron chi connectivity index (χ4n) is 4.02. The second-order valence-corrected chi connectivity index (χ2v) is 8.68. The van der Waals surface area contributed by atoms with E-state index in [0.717, 1.165) is 40.7 Å². The number of fused-ring (bicyclic) bond motifs is 1. The fraction of sp³-hybridized carbons (Fsp3) is 0.333. The molecule has 8 heteroatoms. The Morgan fingerprint density at radius 3 is 2.69 bits per heavy atom. The van der Waals surface area contributed by atoms with Gasteiger partial charge in [-0.15, -0.1) is 0 Å². The van der Waals surface area contributed by atoms with Crippen LogP contribution in [0.2, 0.25) is 10.0 Å². The molecule has 0 saturated carbocycles. The first-order valence-electron chi connectivity index (χ1n) is 10.7. The predicted octanol–water partition coefficient (Wildman–Crippen LogP) is 5.33. The lowest BCUT2D eigenvalue weighted by Gasteiger charge is -2.39. The van der Waals surface area contributed by atoms with Crippen LogP contribution in [0, 0.1) is 11.3 Å². The highest BCUT2D eigenvalue weighted by Gasteiger charge is 2.31. The number of aromatic nitrogens is 2. The summed E-state index contributed by atoms with van der Waals surface area (Å²) in [6.07, 6.45) is 3.78. The van der Waals surface area contributed by atoms with Crippen LogP contribution in [-0.2, 0) is 4.79 Å². The predicted molar refractivity (Wildman–Crippen MR) is 128 cm³/mol. The summed E-state index contributed by atoms with van der Waals surface area (Å²) < 4.78 is 0. The van der Waals surface area contributed by atoms with E-state index in [1.54, 1.807) is 4.90 Å². The lowest BCUT2D eigenvalue weighted by molar-refractivity contribution is -0.133. The molecule has 3 aromatic rings. The van der Waals surface area contributed by atoms with Crippen LogP contribution < -0.4 is 4.90 Å². The highest BCUT2D eigenvalue weighted by molar-refractivity contribution is 6.34. The van der Waals surface area contributed by atoms with E-state index in [0.29, 0.717) is 36.1 Å². The number of rotatable bonds is 5. The van der Waals surface area contributed by atoms with Crippen molar-refractivity contribution in [3.63, 3.8) is 0 Å². The number of carbonyl (C=O) groups is 1. The second kappa shape index (κ2) is 9.72. The van der Waals surface area contributed by atoms with Crippen LogP contribution in [-0.4, -0.2) is 46.5 Å². The largest absolute Gasteiger partial charge is 0.351 e. The van der Waals surface area contributed by atoms with Gasteiger partial charge in [-0.1, -0.05) is 48.7 Å². The van der Waals surface area contributed by atoms with Crippen molar-refractivity contribution >= 4 is 45.8 Å². The molecule has 1 aliphatic rings. The summed E-state index contributed by atoms with van der Waals surface area (Å²) in [5.74, 6) is 0.783. The second-order valence-electron chi connectivity index (χ2n) is 7.83. The number of nitriles is 1. The van der Waals surface area contributed by atoms with Gasteiger partial charge in [0, 0.05) is 35.5 Å². The van der Waals surface area contributed by atoms with E-state index < -0.39 is 6.04 Å². The fourth-order valence-corrected chi connectivity index (χ4v) is 4.42. The zero-order valence-electron chi connectivity index (χ0n) is 17.8. The minimum Gasteiger partial charge on any atom is -0.351 e. The van der Waals surface area contributed by atoms with Gasteiger partial charge < -0.3 is 9.80 Å². The molecule has 2 aromatic carbocycles. The van der Waals surface area contributed by atoms with Crippen LogP contribution in [0.4, 0.5) is 5.82 Å². The lowest BCUT2D eigenvalue weighted by atomic mass is 10.0. The maximum Gasteiger partial charge on any atom is 0.223 e. The molecule has 1 fully saturated rings. The lowest BCUT2D eigenvalue weighted by Crippen LogP contribution is -2.55. The standard InChI is InChI=1S/C24H23Cl2N5O/c1-2-3-4-23(32)31-10-9-30(14-18(31)13-27)24-20-11-19(16-5-7-17(25)8-6-16)21(26)12-22(20)28-15-29-24/h5-8,11-12,15,18H,2-4,9-10,14H2,1H3. The third-order valence-electron chi connectivity index (χ3n) is 5.75. The molecule has 1 aromatic heterocycles. The van der Waals surface area contributed by atoms with Crippen molar-refractivity contribution in [1.29, 1.82) is 5.26 Å². The highest BCUT2D eigenvalue weighted by Crippen LogP contribution is 2.35. The summed E-state index contributed by atoms with van der Waals surface area (Å²) in [4.78, 5) is 25.2. The monoisotopic (exact) mass is 467 g/mol. The van der Waals surface area contributed by atoms with E-state index in [2.05, 4.69) is 27.9 Å². The third kappa shape index (κ3) is 4.50. The number of amides is 1. The topological polar surface area (TPSA) is 73.1 Å². The smallest absolute Gasteiger partial charge is 0.223 e. The maximum absolute atomic E-state index is 12.6. The van der Waals surface area contributed by atoms with Crippen molar-refractivity contribution in [3.05, 3.63) is 52.8 Å². The molecule has 1 unspecified atom stereocenters. The van der Waals surface area contributed by atoms with Crippen molar-refractivity contribution in [2.45, 2.75) is 32.2 Å². The minimum absolute atomic E-state index is 0.0439. The number of halogens is 2. The molecule has 1 aliphatic heterocycles. The molecular weight excluding hydrogens is 445 g/mol. The van der Waals surface area contributed by atoms with Gasteiger partial charge in [0.25, 0.3) is 0 Å². The van der Waals surface area contributed by atoms with Gasteiger partial charge in [-0.3, -0.25) is 4.79 Å². The molecule has 0 aliphatic carbocycles. The number of nitrogens with zero attached hydrogens (tertiary/aromatic N) is 5. The molecule has 1 amide bonds. The van der Waals surface area contributed by atoms with Crippen LogP contribution in [0.5, 0.6) is 0 Å². The Morgan fingerprint density at radius 1 is 1.19 bits per heavy atom. The number of piperazine rings is 1. The summed E-state index contributed by atoms with van der Waals surface area (Å²) in [6, 6.07) is 13.1. The van der Waals surface area contributed by atoms with Crippen LogP contribution in [0.1, 0.15) is 26.2 Å². The number of benzene rings is 2. The normalized spacial score (nSPS) is 16.2. The van der Waals surface area contributed by atoms with Gasteiger partial charge in [0.1, 0.15) is 18.2 Å². The number of carbonyl (C=O) groups excluding carboxylic acids is 1. The molecule has 0 N–H and O–H groups in total. The summed E-state index contributed by atoms with van der Waals surface area (Å²) in [7, 11) is 0. The molecular formula is C24H23Cl2N5O. The Balaban J connectivity index is 1.67. The Kier molecular flexibility index (Phi) is 6.78. The van der Waals surface area contributed by atoms with E-state index in [1.165, 1.54) is 6.33 Å². The quantitative estimate of drug-likeness (QED) is 0.506. The highest BCUT2D eigenvalue weighted by atomic mass is 35.5. The van der Waals surface area contributed by atoms with Gasteiger partial charge in [0.2, 0.25) is 5.91 Å². The van der Waals surface area contributed by atoms with Gasteiger partial charge in [0.15, 0.2) is 0 Å². The van der Waals surface area contributed by atoms with Crippen molar-refractivity contribution in [3.8, 4) is 17.2 Å². The molecule has 0 radical (unpaired) electrons. The Labute approximate surface area is 197 Å². The summed E-state index contributed by atoms with van der Waals surface area (Å²) in [6.45, 7) is 3.54. The SMILES string of the molecule is CCCCC(=O)N1CCN(c2ncnc3cc(Cl)c(-c4ccc(Cl)cc4)cc23)CC1C#N. The molecule has 4 rings (SSSR count). The van der Waals surface area contributed by atoms with E-state index >= 15 is 0 Å². The van der Waals surface area contributed by atoms with Crippen LogP contribution in [0.3, 0.4) is 0 Å². The number of unbranched alkanes of at least 4 members (excludes halogenated alkanes) is 1. The molecule has 32 heavy (non-hydrogen) atoms. The molecule has 2 heterocycles. The van der Waals surface area contributed by atoms with Gasteiger partial charge in [0.05, 0.1) is 23.2 Å². The third-order valence-corrected chi connectivity index (χ3v) is 6.32. The van der Waals surface area contributed by atoms with Gasteiger partial charge in [-0.25, -0.2) is 9.97 Å². The van der Waals surface area contributed by atoms with E-state index in [-0.39, 0.29) is 5.91 Å². The molecule has 1 saturated heterocycles. The zero-order chi connectivity index (χ0) is 22.7. The summed E-state index contributed by atoms with van der Waals surface area (Å²) >= 11 is 12.6. The van der Waals surface area contributed by atoms with Gasteiger partial charge in [-0.2, -0.15) is 5.26 Å². The first kappa shape index (κ1) is 22.3.